The summed E-state index contributed by atoms with van der Waals surface area (Å²) in [6.45, 7) is 3.92. The van der Waals surface area contributed by atoms with Crippen LogP contribution >= 0.6 is 0 Å². The second-order valence-electron chi connectivity index (χ2n) is 6.79. The van der Waals surface area contributed by atoms with Crippen molar-refractivity contribution in [1.82, 2.24) is 9.97 Å². The van der Waals surface area contributed by atoms with E-state index in [4.69, 9.17) is 4.74 Å². The zero-order chi connectivity index (χ0) is 19.5. The Labute approximate surface area is 163 Å². The minimum absolute atomic E-state index is 0.0425. The summed E-state index contributed by atoms with van der Waals surface area (Å²) in [6.07, 6.45) is 0. The van der Waals surface area contributed by atoms with Gasteiger partial charge in [0.1, 0.15) is 11.6 Å². The number of benzene rings is 3. The van der Waals surface area contributed by atoms with Gasteiger partial charge in [0.05, 0.1) is 11.0 Å². The van der Waals surface area contributed by atoms with E-state index in [0.29, 0.717) is 5.69 Å². The number of anilines is 1. The van der Waals surface area contributed by atoms with Crippen LogP contribution in [0.5, 0.6) is 5.75 Å². The lowest BCUT2D eigenvalue weighted by Gasteiger charge is -2.11. The fraction of sp³-hybridized carbons (Fsp3) is 0.130. The highest BCUT2D eigenvalue weighted by Crippen LogP contribution is 2.23. The number of amides is 1. The first kappa shape index (κ1) is 17.8. The van der Waals surface area contributed by atoms with Gasteiger partial charge in [-0.05, 0) is 55.3 Å². The van der Waals surface area contributed by atoms with Crippen LogP contribution < -0.4 is 10.1 Å². The quantitative estimate of drug-likeness (QED) is 0.526. The smallest absolute Gasteiger partial charge is 0.262 e. The summed E-state index contributed by atoms with van der Waals surface area (Å²) in [6, 6.07) is 21.4. The average molecular weight is 371 g/mol. The lowest BCUT2D eigenvalue weighted by atomic mass is 10.1. The SMILES string of the molecule is Cc1ccc(C)c(OCC(=O)Nc2cccc(-c3nc4ccccc4[nH]3)c2)c1. The van der Waals surface area contributed by atoms with Crippen molar-refractivity contribution in [3.05, 3.63) is 77.9 Å². The van der Waals surface area contributed by atoms with Gasteiger partial charge in [-0.2, -0.15) is 0 Å². The minimum atomic E-state index is -0.206. The molecule has 4 aromatic rings. The van der Waals surface area contributed by atoms with Crippen molar-refractivity contribution >= 4 is 22.6 Å². The van der Waals surface area contributed by atoms with Crippen LogP contribution in [0.4, 0.5) is 5.69 Å². The molecule has 0 atom stereocenters. The molecule has 0 bridgehead atoms. The van der Waals surface area contributed by atoms with E-state index in [2.05, 4.69) is 15.3 Å². The first-order valence-corrected chi connectivity index (χ1v) is 9.13. The third-order valence-electron chi connectivity index (χ3n) is 4.51. The molecule has 3 aromatic carbocycles. The number of aromatic amines is 1. The molecule has 0 saturated heterocycles. The zero-order valence-electron chi connectivity index (χ0n) is 15.8. The van der Waals surface area contributed by atoms with E-state index in [-0.39, 0.29) is 12.5 Å². The predicted octanol–water partition coefficient (Wildman–Crippen LogP) is 4.86. The zero-order valence-corrected chi connectivity index (χ0v) is 15.8. The molecule has 0 unspecified atom stereocenters. The van der Waals surface area contributed by atoms with Gasteiger partial charge in [-0.3, -0.25) is 4.79 Å². The molecule has 0 fully saturated rings. The Kier molecular flexibility index (Phi) is 4.81. The Morgan fingerprint density at radius 2 is 1.89 bits per heavy atom. The van der Waals surface area contributed by atoms with Crippen LogP contribution in [-0.4, -0.2) is 22.5 Å². The molecule has 1 heterocycles. The molecule has 4 rings (SSSR count). The summed E-state index contributed by atoms with van der Waals surface area (Å²) in [5, 5.41) is 2.88. The van der Waals surface area contributed by atoms with E-state index < -0.39 is 0 Å². The van der Waals surface area contributed by atoms with Crippen molar-refractivity contribution in [1.29, 1.82) is 0 Å². The van der Waals surface area contributed by atoms with Gasteiger partial charge in [-0.15, -0.1) is 0 Å². The molecule has 0 aliphatic carbocycles. The normalized spacial score (nSPS) is 10.8. The van der Waals surface area contributed by atoms with Crippen LogP contribution in [0.1, 0.15) is 11.1 Å². The number of nitrogens with zero attached hydrogens (tertiary/aromatic N) is 1. The largest absolute Gasteiger partial charge is 0.483 e. The van der Waals surface area contributed by atoms with Crippen molar-refractivity contribution in [2.75, 3.05) is 11.9 Å². The Hall–Kier alpha value is -3.60. The van der Waals surface area contributed by atoms with Gasteiger partial charge in [0.25, 0.3) is 5.91 Å². The summed E-state index contributed by atoms with van der Waals surface area (Å²) >= 11 is 0. The van der Waals surface area contributed by atoms with E-state index in [0.717, 1.165) is 39.3 Å². The van der Waals surface area contributed by atoms with Crippen molar-refractivity contribution in [2.24, 2.45) is 0 Å². The molecule has 0 aliphatic rings. The number of ether oxygens (including phenoxy) is 1. The first-order valence-electron chi connectivity index (χ1n) is 9.13. The molecule has 140 valence electrons. The first-order chi connectivity index (χ1) is 13.6. The van der Waals surface area contributed by atoms with Crippen molar-refractivity contribution < 1.29 is 9.53 Å². The van der Waals surface area contributed by atoms with Gasteiger partial charge < -0.3 is 15.0 Å². The highest BCUT2D eigenvalue weighted by molar-refractivity contribution is 5.92. The summed E-state index contributed by atoms with van der Waals surface area (Å²) in [5.41, 5.74) is 5.60. The monoisotopic (exact) mass is 371 g/mol. The Morgan fingerprint density at radius 1 is 1.04 bits per heavy atom. The van der Waals surface area contributed by atoms with Crippen LogP contribution in [0.25, 0.3) is 22.4 Å². The number of rotatable bonds is 5. The standard InChI is InChI=1S/C23H21N3O2/c1-15-10-11-16(2)21(12-15)28-14-22(27)24-18-7-5-6-17(13-18)23-25-19-8-3-4-9-20(19)26-23/h3-13H,14H2,1-2H3,(H,24,27)(H,25,26). The fourth-order valence-corrected chi connectivity index (χ4v) is 3.04. The van der Waals surface area contributed by atoms with Gasteiger partial charge >= 0.3 is 0 Å². The molecule has 1 amide bonds. The topological polar surface area (TPSA) is 67.0 Å². The number of aromatic nitrogens is 2. The third kappa shape index (κ3) is 3.88. The van der Waals surface area contributed by atoms with Gasteiger partial charge in [0.2, 0.25) is 0 Å². The van der Waals surface area contributed by atoms with E-state index in [1.807, 2.05) is 80.6 Å². The van der Waals surface area contributed by atoms with E-state index in [9.17, 15) is 4.79 Å². The number of carbonyl (C=O) groups is 1. The maximum atomic E-state index is 12.3. The molecule has 2 N–H and O–H groups in total. The van der Waals surface area contributed by atoms with Gasteiger partial charge in [0.15, 0.2) is 6.61 Å². The van der Waals surface area contributed by atoms with Crippen molar-refractivity contribution in [3.8, 4) is 17.1 Å². The van der Waals surface area contributed by atoms with E-state index >= 15 is 0 Å². The lowest BCUT2D eigenvalue weighted by Crippen LogP contribution is -2.20. The van der Waals surface area contributed by atoms with Crippen LogP contribution in [0.15, 0.2) is 66.7 Å². The molecule has 5 heteroatoms. The van der Waals surface area contributed by atoms with Crippen LogP contribution in [0, 0.1) is 13.8 Å². The number of aryl methyl sites for hydroxylation is 2. The second kappa shape index (κ2) is 7.56. The Morgan fingerprint density at radius 3 is 2.75 bits per heavy atom. The summed E-state index contributed by atoms with van der Waals surface area (Å²) in [4.78, 5) is 20.2. The highest BCUT2D eigenvalue weighted by Gasteiger charge is 2.09. The number of fused-ring (bicyclic) bond motifs is 1. The maximum Gasteiger partial charge on any atom is 0.262 e. The molecule has 1 aromatic heterocycles. The number of nitrogens with one attached hydrogen (secondary N) is 2. The second-order valence-corrected chi connectivity index (χ2v) is 6.79. The highest BCUT2D eigenvalue weighted by atomic mass is 16.5. The lowest BCUT2D eigenvalue weighted by molar-refractivity contribution is -0.118. The number of hydrogen-bond donors (Lipinski definition) is 2. The molecule has 0 radical (unpaired) electrons. The van der Waals surface area contributed by atoms with Crippen molar-refractivity contribution in [2.45, 2.75) is 13.8 Å². The summed E-state index contributed by atoms with van der Waals surface area (Å²) in [5.74, 6) is 1.29. The molecule has 0 spiro atoms. The number of carbonyl (C=O) groups excluding carboxylic acids is 1. The van der Waals surface area contributed by atoms with E-state index in [1.165, 1.54) is 0 Å². The number of hydrogen-bond acceptors (Lipinski definition) is 3. The molecule has 28 heavy (non-hydrogen) atoms. The Balaban J connectivity index is 1.45. The minimum Gasteiger partial charge on any atom is -0.483 e. The molecular weight excluding hydrogens is 350 g/mol. The maximum absolute atomic E-state index is 12.3. The number of imidazole rings is 1. The van der Waals surface area contributed by atoms with Gasteiger partial charge in [-0.25, -0.2) is 4.98 Å². The van der Waals surface area contributed by atoms with Crippen LogP contribution in [0.3, 0.4) is 0 Å². The Bertz CT molecular complexity index is 1110. The molecular formula is C23H21N3O2. The number of para-hydroxylation sites is 2. The third-order valence-corrected chi connectivity index (χ3v) is 4.51. The molecule has 0 aliphatic heterocycles. The predicted molar refractivity (Wildman–Crippen MR) is 112 cm³/mol. The molecule has 0 saturated carbocycles. The summed E-state index contributed by atoms with van der Waals surface area (Å²) in [7, 11) is 0. The average Bonchev–Trinajstić information content (AvgIpc) is 3.13. The summed E-state index contributed by atoms with van der Waals surface area (Å²) < 4.78 is 5.68. The van der Waals surface area contributed by atoms with Gasteiger partial charge in [-0.1, -0.05) is 36.4 Å². The fourth-order valence-electron chi connectivity index (χ4n) is 3.04. The van der Waals surface area contributed by atoms with Gasteiger partial charge in [0, 0.05) is 11.3 Å². The van der Waals surface area contributed by atoms with Crippen LogP contribution in [0.2, 0.25) is 0 Å². The van der Waals surface area contributed by atoms with Crippen LogP contribution in [-0.2, 0) is 4.79 Å². The van der Waals surface area contributed by atoms with E-state index in [1.54, 1.807) is 0 Å². The molecule has 5 nitrogen and oxygen atoms in total. The number of H-pyrrole nitrogens is 1. The van der Waals surface area contributed by atoms with Crippen molar-refractivity contribution in [3.63, 3.8) is 0 Å².